The number of aliphatic imine (C=N–C) groups is 1. The third-order valence-electron chi connectivity index (χ3n) is 4.40. The Hall–Kier alpha value is -3.11. The van der Waals surface area contributed by atoms with Crippen LogP contribution in [0.25, 0.3) is 6.08 Å². The van der Waals surface area contributed by atoms with Crippen molar-refractivity contribution in [3.05, 3.63) is 63.0 Å². The van der Waals surface area contributed by atoms with Crippen LogP contribution in [0.1, 0.15) is 22.8 Å². The zero-order chi connectivity index (χ0) is 24.0. The number of benzene rings is 2. The molecule has 0 saturated carbocycles. The van der Waals surface area contributed by atoms with Crippen molar-refractivity contribution in [1.29, 1.82) is 0 Å². The molecule has 2 aromatic carbocycles. The Labute approximate surface area is 203 Å². The van der Waals surface area contributed by atoms with Crippen molar-refractivity contribution in [2.45, 2.75) is 6.92 Å². The van der Waals surface area contributed by atoms with E-state index in [2.05, 4.69) is 20.9 Å². The molecule has 8 nitrogen and oxygen atoms in total. The summed E-state index contributed by atoms with van der Waals surface area (Å²) in [6, 6.07) is 12.0. The number of esters is 2. The van der Waals surface area contributed by atoms with Crippen LogP contribution in [0.2, 0.25) is 0 Å². The molecule has 1 aliphatic rings. The van der Waals surface area contributed by atoms with Crippen LogP contribution < -0.4 is 4.74 Å². The molecule has 0 N–H and O–H groups in total. The summed E-state index contributed by atoms with van der Waals surface area (Å²) in [5, 5.41) is 0.488. The molecule has 1 amide bonds. The Morgan fingerprint density at radius 2 is 2.00 bits per heavy atom. The van der Waals surface area contributed by atoms with Crippen molar-refractivity contribution >= 4 is 62.5 Å². The fourth-order valence-electron chi connectivity index (χ4n) is 2.80. The van der Waals surface area contributed by atoms with E-state index in [1.54, 1.807) is 62.5 Å². The Balaban J connectivity index is 1.77. The fraction of sp³-hybridized carbons (Fsp3) is 0.217. The number of amides is 1. The molecule has 3 rings (SSSR count). The molecule has 10 heteroatoms. The number of amidine groups is 1. The van der Waals surface area contributed by atoms with Crippen LogP contribution in [0.5, 0.6) is 5.75 Å². The van der Waals surface area contributed by atoms with E-state index in [4.69, 9.17) is 14.2 Å². The summed E-state index contributed by atoms with van der Waals surface area (Å²) in [6.45, 7) is 1.83. The van der Waals surface area contributed by atoms with Crippen molar-refractivity contribution in [2.75, 3.05) is 27.4 Å². The molecular formula is C23H21BrN2O6S. The van der Waals surface area contributed by atoms with Gasteiger partial charge >= 0.3 is 11.9 Å². The predicted octanol–water partition coefficient (Wildman–Crippen LogP) is 4.41. The Bertz CT molecular complexity index is 1150. The van der Waals surface area contributed by atoms with Gasteiger partial charge in [0.05, 0.1) is 34.3 Å². The fourth-order valence-corrected chi connectivity index (χ4v) is 4.29. The predicted molar refractivity (Wildman–Crippen MR) is 129 cm³/mol. The van der Waals surface area contributed by atoms with Gasteiger partial charge in [-0.05, 0) is 76.6 Å². The molecule has 0 atom stereocenters. The van der Waals surface area contributed by atoms with Gasteiger partial charge in [0.2, 0.25) is 0 Å². The Morgan fingerprint density at radius 3 is 2.70 bits per heavy atom. The lowest BCUT2D eigenvalue weighted by Crippen LogP contribution is -2.23. The number of methoxy groups -OCH3 is 1. The van der Waals surface area contributed by atoms with Crippen molar-refractivity contribution < 1.29 is 28.6 Å². The molecule has 0 unspecified atom stereocenters. The number of thioether (sulfide) groups is 1. The number of carbonyl (C=O) groups excluding carboxylic acids is 3. The second-order valence-corrected chi connectivity index (χ2v) is 8.56. The number of nitrogens with zero attached hydrogens (tertiary/aromatic N) is 2. The second-order valence-electron chi connectivity index (χ2n) is 6.69. The minimum absolute atomic E-state index is 0.191. The zero-order valence-electron chi connectivity index (χ0n) is 18.2. The molecule has 0 aromatic heterocycles. The highest BCUT2D eigenvalue weighted by molar-refractivity contribution is 9.10. The van der Waals surface area contributed by atoms with E-state index in [0.29, 0.717) is 31.5 Å². The highest BCUT2D eigenvalue weighted by atomic mass is 79.9. The number of rotatable bonds is 7. The summed E-state index contributed by atoms with van der Waals surface area (Å²) < 4.78 is 15.7. The average Bonchev–Trinajstić information content (AvgIpc) is 3.06. The van der Waals surface area contributed by atoms with E-state index >= 15 is 0 Å². The van der Waals surface area contributed by atoms with Crippen molar-refractivity contribution in [2.24, 2.45) is 4.99 Å². The number of likely N-dealkylation sites (N-methyl/N-ethyl adjacent to an activating group) is 1. The van der Waals surface area contributed by atoms with E-state index in [-0.39, 0.29) is 19.1 Å². The van der Waals surface area contributed by atoms with Gasteiger partial charge in [-0.15, -0.1) is 0 Å². The summed E-state index contributed by atoms with van der Waals surface area (Å²) >= 11 is 4.65. The first-order chi connectivity index (χ1) is 15.8. The zero-order valence-corrected chi connectivity index (χ0v) is 20.6. The van der Waals surface area contributed by atoms with Gasteiger partial charge in [-0.25, -0.2) is 14.6 Å². The van der Waals surface area contributed by atoms with Gasteiger partial charge in [-0.1, -0.05) is 12.1 Å². The van der Waals surface area contributed by atoms with Gasteiger partial charge in [-0.3, -0.25) is 9.69 Å². The van der Waals surface area contributed by atoms with E-state index in [0.717, 1.165) is 5.56 Å². The normalized spacial score (nSPS) is 15.8. The highest BCUT2D eigenvalue weighted by Crippen LogP contribution is 2.34. The lowest BCUT2D eigenvalue weighted by atomic mass is 10.2. The standard InChI is InChI=1S/C23H21BrN2O6S/c1-4-31-20(27)13-32-18-9-8-14(10-17(18)24)11-19-21(28)26(2)23(33-19)25-16-7-5-6-15(12-16)22(29)30-3/h5-12H,4,13H2,1-3H3. The average molecular weight is 533 g/mol. The number of ether oxygens (including phenoxy) is 3. The molecule has 33 heavy (non-hydrogen) atoms. The first-order valence-electron chi connectivity index (χ1n) is 9.85. The minimum atomic E-state index is -0.457. The van der Waals surface area contributed by atoms with E-state index in [9.17, 15) is 14.4 Å². The number of hydrogen-bond acceptors (Lipinski definition) is 8. The summed E-state index contributed by atoms with van der Waals surface area (Å²) in [5.74, 6) is -0.612. The third kappa shape index (κ3) is 6.23. The Morgan fingerprint density at radius 1 is 1.21 bits per heavy atom. The first kappa shape index (κ1) is 24.5. The summed E-state index contributed by atoms with van der Waals surface area (Å²) in [6.07, 6.45) is 1.75. The van der Waals surface area contributed by atoms with Crippen molar-refractivity contribution in [3.8, 4) is 5.75 Å². The van der Waals surface area contributed by atoms with Crippen molar-refractivity contribution in [1.82, 2.24) is 4.90 Å². The summed E-state index contributed by atoms with van der Waals surface area (Å²) in [7, 11) is 2.95. The van der Waals surface area contributed by atoms with Gasteiger partial charge in [0, 0.05) is 7.05 Å². The molecule has 0 spiro atoms. The summed E-state index contributed by atoms with van der Waals surface area (Å²) in [5.41, 5.74) is 1.68. The maximum absolute atomic E-state index is 12.7. The molecule has 0 bridgehead atoms. The quantitative estimate of drug-likeness (QED) is 0.385. The largest absolute Gasteiger partial charge is 0.481 e. The molecule has 0 aliphatic carbocycles. The maximum atomic E-state index is 12.7. The molecule has 1 saturated heterocycles. The maximum Gasteiger partial charge on any atom is 0.344 e. The number of hydrogen-bond donors (Lipinski definition) is 0. The smallest absolute Gasteiger partial charge is 0.344 e. The second kappa shape index (κ2) is 11.2. The summed E-state index contributed by atoms with van der Waals surface area (Å²) in [4.78, 5) is 42.4. The molecule has 2 aromatic rings. The van der Waals surface area contributed by atoms with Gasteiger partial charge in [0.15, 0.2) is 11.8 Å². The SMILES string of the molecule is CCOC(=O)COc1ccc(C=C2SC(=Nc3cccc(C(=O)OC)c3)N(C)C2=O)cc1Br. The molecule has 1 heterocycles. The van der Waals surface area contributed by atoms with Crippen molar-refractivity contribution in [3.63, 3.8) is 0 Å². The van der Waals surface area contributed by atoms with Gasteiger partial charge < -0.3 is 14.2 Å². The molecular weight excluding hydrogens is 512 g/mol. The number of carbonyl (C=O) groups is 3. The van der Waals surface area contributed by atoms with Gasteiger partial charge in [0.1, 0.15) is 5.75 Å². The topological polar surface area (TPSA) is 94.5 Å². The van der Waals surface area contributed by atoms with E-state index in [1.807, 2.05) is 0 Å². The van der Waals surface area contributed by atoms with Crippen LogP contribution in [-0.2, 0) is 19.1 Å². The monoisotopic (exact) mass is 532 g/mol. The van der Waals surface area contributed by atoms with Crippen LogP contribution >= 0.6 is 27.7 Å². The lowest BCUT2D eigenvalue weighted by molar-refractivity contribution is -0.145. The molecule has 1 fully saturated rings. The molecule has 1 aliphatic heterocycles. The van der Waals surface area contributed by atoms with Crippen LogP contribution in [0.3, 0.4) is 0 Å². The van der Waals surface area contributed by atoms with Crippen LogP contribution in [0.15, 0.2) is 56.8 Å². The van der Waals surface area contributed by atoms with Crippen LogP contribution in [0, 0.1) is 0 Å². The molecule has 0 radical (unpaired) electrons. The third-order valence-corrected chi connectivity index (χ3v) is 6.08. The first-order valence-corrected chi connectivity index (χ1v) is 11.5. The van der Waals surface area contributed by atoms with Gasteiger partial charge in [0.25, 0.3) is 5.91 Å². The van der Waals surface area contributed by atoms with E-state index in [1.165, 1.54) is 23.8 Å². The highest BCUT2D eigenvalue weighted by Gasteiger charge is 2.30. The number of halogens is 1. The van der Waals surface area contributed by atoms with Crippen LogP contribution in [-0.4, -0.2) is 55.3 Å². The molecule has 172 valence electrons. The van der Waals surface area contributed by atoms with Crippen LogP contribution in [0.4, 0.5) is 5.69 Å². The Kier molecular flexibility index (Phi) is 8.29. The lowest BCUT2D eigenvalue weighted by Gasteiger charge is -2.08. The van der Waals surface area contributed by atoms with E-state index < -0.39 is 11.9 Å². The minimum Gasteiger partial charge on any atom is -0.481 e. The van der Waals surface area contributed by atoms with Gasteiger partial charge in [-0.2, -0.15) is 0 Å².